The number of aliphatic hydroxyl groups is 1. The molecule has 19 heavy (non-hydrogen) atoms. The largest absolute Gasteiger partial charge is 0.393 e. The van der Waals surface area contributed by atoms with Gasteiger partial charge in [-0.15, -0.1) is 0 Å². The Morgan fingerprint density at radius 2 is 1.79 bits per heavy atom. The first kappa shape index (κ1) is 13.9. The second-order valence-electron chi connectivity index (χ2n) is 7.40. The zero-order valence-electron chi connectivity index (χ0n) is 12.6. The predicted octanol–water partition coefficient (Wildman–Crippen LogP) is 3.58. The quantitative estimate of drug-likeness (QED) is 0.840. The van der Waals surface area contributed by atoms with E-state index in [1.54, 1.807) is 0 Å². The molecule has 0 aromatic rings. The molecule has 3 rings (SSSR count). The molecule has 3 aliphatic rings. The normalized spacial score (nSPS) is 34.9. The first-order chi connectivity index (χ1) is 9.23. The van der Waals surface area contributed by atoms with E-state index in [9.17, 15) is 5.11 Å². The van der Waals surface area contributed by atoms with Crippen molar-refractivity contribution >= 4 is 0 Å². The highest BCUT2D eigenvalue weighted by Crippen LogP contribution is 2.51. The summed E-state index contributed by atoms with van der Waals surface area (Å²) in [5, 5.41) is 10.1. The highest BCUT2D eigenvalue weighted by Gasteiger charge is 2.47. The summed E-state index contributed by atoms with van der Waals surface area (Å²) in [4.78, 5) is 2.75. The lowest BCUT2D eigenvalue weighted by Gasteiger charge is -2.50. The van der Waals surface area contributed by atoms with E-state index >= 15 is 0 Å². The number of hydrogen-bond acceptors (Lipinski definition) is 2. The SMILES string of the molecule is CCN(CC1CCC1)C1CC(O)CCC12CCCC2. The molecule has 3 saturated carbocycles. The predicted molar refractivity (Wildman–Crippen MR) is 79.1 cm³/mol. The second-order valence-corrected chi connectivity index (χ2v) is 7.40. The van der Waals surface area contributed by atoms with Crippen molar-refractivity contribution in [1.82, 2.24) is 4.90 Å². The first-order valence-corrected chi connectivity index (χ1v) is 8.65. The van der Waals surface area contributed by atoms with Crippen LogP contribution in [-0.4, -0.2) is 35.2 Å². The second kappa shape index (κ2) is 5.73. The third-order valence-corrected chi connectivity index (χ3v) is 6.34. The summed E-state index contributed by atoms with van der Waals surface area (Å²) in [5.41, 5.74) is 0.568. The average molecular weight is 265 g/mol. The fourth-order valence-electron chi connectivity index (χ4n) is 4.93. The van der Waals surface area contributed by atoms with Gasteiger partial charge in [0.2, 0.25) is 0 Å². The monoisotopic (exact) mass is 265 g/mol. The van der Waals surface area contributed by atoms with Gasteiger partial charge in [0.25, 0.3) is 0 Å². The van der Waals surface area contributed by atoms with Crippen LogP contribution in [0, 0.1) is 11.3 Å². The van der Waals surface area contributed by atoms with Crippen molar-refractivity contribution < 1.29 is 5.11 Å². The summed E-state index contributed by atoms with van der Waals surface area (Å²) in [7, 11) is 0. The van der Waals surface area contributed by atoms with Gasteiger partial charge in [-0.2, -0.15) is 0 Å². The van der Waals surface area contributed by atoms with Gasteiger partial charge in [-0.05, 0) is 62.8 Å². The molecule has 0 aromatic carbocycles. The van der Waals surface area contributed by atoms with Crippen LogP contribution in [0.1, 0.15) is 71.1 Å². The molecular weight excluding hydrogens is 234 g/mol. The van der Waals surface area contributed by atoms with E-state index in [4.69, 9.17) is 0 Å². The van der Waals surface area contributed by atoms with Crippen LogP contribution < -0.4 is 0 Å². The van der Waals surface area contributed by atoms with Crippen molar-refractivity contribution in [1.29, 1.82) is 0 Å². The van der Waals surface area contributed by atoms with E-state index < -0.39 is 0 Å². The smallest absolute Gasteiger partial charge is 0.0555 e. The minimum atomic E-state index is -0.0355. The van der Waals surface area contributed by atoms with E-state index in [0.717, 1.165) is 18.8 Å². The average Bonchev–Trinajstić information content (AvgIpc) is 2.82. The van der Waals surface area contributed by atoms with Crippen molar-refractivity contribution in [3.05, 3.63) is 0 Å². The Hall–Kier alpha value is -0.0800. The van der Waals surface area contributed by atoms with Gasteiger partial charge in [0.05, 0.1) is 6.10 Å². The van der Waals surface area contributed by atoms with Crippen LogP contribution in [0.15, 0.2) is 0 Å². The van der Waals surface area contributed by atoms with Crippen molar-refractivity contribution in [3.63, 3.8) is 0 Å². The van der Waals surface area contributed by atoms with E-state index in [2.05, 4.69) is 11.8 Å². The third-order valence-electron chi connectivity index (χ3n) is 6.34. The summed E-state index contributed by atoms with van der Waals surface area (Å²) < 4.78 is 0. The fourth-order valence-corrected chi connectivity index (χ4v) is 4.93. The zero-order valence-corrected chi connectivity index (χ0v) is 12.6. The minimum Gasteiger partial charge on any atom is -0.393 e. The maximum atomic E-state index is 10.1. The van der Waals surface area contributed by atoms with Crippen molar-refractivity contribution in [2.45, 2.75) is 83.3 Å². The molecule has 0 aromatic heterocycles. The Kier molecular flexibility index (Phi) is 4.19. The summed E-state index contributed by atoms with van der Waals surface area (Å²) in [6.45, 7) is 4.80. The van der Waals surface area contributed by atoms with Crippen LogP contribution in [0.3, 0.4) is 0 Å². The minimum absolute atomic E-state index is 0.0355. The van der Waals surface area contributed by atoms with Gasteiger partial charge in [-0.1, -0.05) is 26.2 Å². The summed E-state index contributed by atoms with van der Waals surface area (Å²) in [6.07, 6.45) is 13.4. The number of hydrogen-bond donors (Lipinski definition) is 1. The molecule has 2 heteroatoms. The van der Waals surface area contributed by atoms with E-state index in [-0.39, 0.29) is 6.10 Å². The van der Waals surface area contributed by atoms with Crippen LogP contribution in [0.2, 0.25) is 0 Å². The topological polar surface area (TPSA) is 23.5 Å². The lowest BCUT2D eigenvalue weighted by molar-refractivity contribution is -0.0338. The van der Waals surface area contributed by atoms with Gasteiger partial charge in [0, 0.05) is 12.6 Å². The van der Waals surface area contributed by atoms with Gasteiger partial charge < -0.3 is 5.11 Å². The molecule has 1 spiro atoms. The zero-order chi connectivity index (χ0) is 13.3. The van der Waals surface area contributed by atoms with Gasteiger partial charge in [0.15, 0.2) is 0 Å². The molecule has 0 amide bonds. The van der Waals surface area contributed by atoms with Gasteiger partial charge in [-0.3, -0.25) is 4.90 Å². The molecule has 0 saturated heterocycles. The van der Waals surface area contributed by atoms with Crippen LogP contribution in [0.25, 0.3) is 0 Å². The Morgan fingerprint density at radius 1 is 1.05 bits per heavy atom. The lowest BCUT2D eigenvalue weighted by Crippen LogP contribution is -2.53. The Bertz CT molecular complexity index is 294. The van der Waals surface area contributed by atoms with Gasteiger partial charge >= 0.3 is 0 Å². The van der Waals surface area contributed by atoms with Crippen LogP contribution in [-0.2, 0) is 0 Å². The van der Waals surface area contributed by atoms with Gasteiger partial charge in [0.1, 0.15) is 0 Å². The molecule has 1 N–H and O–H groups in total. The molecule has 2 atom stereocenters. The summed E-state index contributed by atoms with van der Waals surface area (Å²) in [6, 6.07) is 0.671. The lowest BCUT2D eigenvalue weighted by atomic mass is 9.67. The first-order valence-electron chi connectivity index (χ1n) is 8.65. The molecule has 0 aliphatic heterocycles. The van der Waals surface area contributed by atoms with Crippen molar-refractivity contribution in [3.8, 4) is 0 Å². The van der Waals surface area contributed by atoms with E-state index in [1.807, 2.05) is 0 Å². The number of nitrogens with zero attached hydrogens (tertiary/aromatic N) is 1. The molecule has 0 heterocycles. The molecule has 110 valence electrons. The molecule has 3 aliphatic carbocycles. The fraction of sp³-hybridized carbons (Fsp3) is 1.00. The number of aliphatic hydroxyl groups excluding tert-OH is 1. The Labute approximate surface area is 118 Å². The number of rotatable bonds is 4. The van der Waals surface area contributed by atoms with Crippen LogP contribution >= 0.6 is 0 Å². The highest BCUT2D eigenvalue weighted by atomic mass is 16.3. The maximum Gasteiger partial charge on any atom is 0.0555 e. The Balaban J connectivity index is 1.72. The molecule has 2 nitrogen and oxygen atoms in total. The maximum absolute atomic E-state index is 10.1. The van der Waals surface area contributed by atoms with Crippen LogP contribution in [0.4, 0.5) is 0 Å². The highest BCUT2D eigenvalue weighted by molar-refractivity contribution is 5.00. The van der Waals surface area contributed by atoms with Crippen molar-refractivity contribution in [2.24, 2.45) is 11.3 Å². The Morgan fingerprint density at radius 3 is 2.37 bits per heavy atom. The standard InChI is InChI=1S/C17H31NO/c1-2-18(13-14-6-5-7-14)16-12-15(19)8-11-17(16)9-3-4-10-17/h14-16,19H,2-13H2,1H3. The molecular formula is C17H31NO. The molecule has 0 radical (unpaired) electrons. The van der Waals surface area contributed by atoms with E-state index in [0.29, 0.717) is 11.5 Å². The summed E-state index contributed by atoms with van der Waals surface area (Å²) in [5.74, 6) is 0.956. The van der Waals surface area contributed by atoms with Crippen molar-refractivity contribution in [2.75, 3.05) is 13.1 Å². The summed E-state index contributed by atoms with van der Waals surface area (Å²) >= 11 is 0. The molecule has 0 bridgehead atoms. The van der Waals surface area contributed by atoms with E-state index in [1.165, 1.54) is 64.5 Å². The van der Waals surface area contributed by atoms with Gasteiger partial charge in [-0.25, -0.2) is 0 Å². The molecule has 2 unspecified atom stereocenters. The third kappa shape index (κ3) is 2.71. The van der Waals surface area contributed by atoms with Crippen LogP contribution in [0.5, 0.6) is 0 Å². The molecule has 3 fully saturated rings.